The van der Waals surface area contributed by atoms with Crippen molar-refractivity contribution in [2.45, 2.75) is 25.8 Å². The third-order valence-electron chi connectivity index (χ3n) is 4.69. The molecule has 0 atom stereocenters. The van der Waals surface area contributed by atoms with Gasteiger partial charge >= 0.3 is 0 Å². The molecule has 1 fully saturated rings. The summed E-state index contributed by atoms with van der Waals surface area (Å²) in [7, 11) is 0. The van der Waals surface area contributed by atoms with E-state index in [0.29, 0.717) is 17.3 Å². The van der Waals surface area contributed by atoms with Gasteiger partial charge in [-0.25, -0.2) is 4.68 Å². The summed E-state index contributed by atoms with van der Waals surface area (Å²) in [5.41, 5.74) is 0.647. The lowest BCUT2D eigenvalue weighted by Gasteiger charge is -2.23. The number of rotatable bonds is 7. The van der Waals surface area contributed by atoms with Crippen LogP contribution in [0.5, 0.6) is 11.5 Å². The number of para-hydroxylation sites is 1. The van der Waals surface area contributed by atoms with Crippen molar-refractivity contribution in [1.82, 2.24) is 15.0 Å². The lowest BCUT2D eigenvalue weighted by Crippen LogP contribution is -2.28. The zero-order valence-corrected chi connectivity index (χ0v) is 15.7. The summed E-state index contributed by atoms with van der Waals surface area (Å²) in [6.07, 6.45) is 4.46. The molecule has 4 rings (SSSR count). The Morgan fingerprint density at radius 1 is 1.00 bits per heavy atom. The number of benzene rings is 2. The number of ether oxygens (including phenoxy) is 1. The van der Waals surface area contributed by atoms with Crippen molar-refractivity contribution in [2.75, 3.05) is 10.6 Å². The molecule has 2 N–H and O–H groups in total. The highest BCUT2D eigenvalue weighted by Gasteiger charge is 2.25. The zero-order chi connectivity index (χ0) is 20.1. The van der Waals surface area contributed by atoms with E-state index in [2.05, 4.69) is 20.9 Å². The number of anilines is 2. The van der Waals surface area contributed by atoms with Gasteiger partial charge in [0, 0.05) is 11.6 Å². The predicted octanol–water partition coefficient (Wildman–Crippen LogP) is 3.45. The van der Waals surface area contributed by atoms with Crippen LogP contribution >= 0.6 is 0 Å². The number of hydrogen-bond acceptors (Lipinski definition) is 5. The molecule has 8 heteroatoms. The van der Waals surface area contributed by atoms with Gasteiger partial charge in [-0.1, -0.05) is 29.8 Å². The van der Waals surface area contributed by atoms with Crippen LogP contribution in [0.4, 0.5) is 11.5 Å². The van der Waals surface area contributed by atoms with Gasteiger partial charge in [0.1, 0.15) is 18.0 Å². The number of aromatic nitrogens is 3. The second kappa shape index (κ2) is 8.55. The normalized spacial score (nSPS) is 13.4. The Morgan fingerprint density at radius 3 is 2.41 bits per heavy atom. The topological polar surface area (TPSA) is 98.1 Å². The first-order chi connectivity index (χ1) is 14.2. The van der Waals surface area contributed by atoms with E-state index in [0.717, 1.165) is 25.0 Å². The molecule has 0 saturated heterocycles. The molecule has 0 bridgehead atoms. The van der Waals surface area contributed by atoms with Crippen LogP contribution in [0.3, 0.4) is 0 Å². The maximum atomic E-state index is 12.2. The highest BCUT2D eigenvalue weighted by atomic mass is 16.5. The molecule has 2 aromatic carbocycles. The third-order valence-corrected chi connectivity index (χ3v) is 4.69. The smallest absolute Gasteiger partial charge is 0.246 e. The quantitative estimate of drug-likeness (QED) is 0.643. The van der Waals surface area contributed by atoms with E-state index in [1.807, 2.05) is 30.3 Å². The fraction of sp³-hybridized carbons (Fsp3) is 0.238. The van der Waals surface area contributed by atoms with Gasteiger partial charge < -0.3 is 15.4 Å². The number of hydrogen-bond donors (Lipinski definition) is 2. The van der Waals surface area contributed by atoms with Crippen LogP contribution in [0.25, 0.3) is 0 Å². The number of carbonyl (C=O) groups excluding carboxylic acids is 2. The molecule has 1 aromatic heterocycles. The minimum Gasteiger partial charge on any atom is -0.457 e. The maximum Gasteiger partial charge on any atom is 0.246 e. The summed E-state index contributed by atoms with van der Waals surface area (Å²) in [4.78, 5) is 24.2. The Bertz CT molecular complexity index is 981. The van der Waals surface area contributed by atoms with Crippen LogP contribution in [0.1, 0.15) is 19.3 Å². The van der Waals surface area contributed by atoms with Gasteiger partial charge in [-0.15, -0.1) is 5.10 Å². The Balaban J connectivity index is 1.27. The van der Waals surface area contributed by atoms with E-state index >= 15 is 0 Å². The van der Waals surface area contributed by atoms with Gasteiger partial charge in [0.05, 0.1) is 6.20 Å². The van der Waals surface area contributed by atoms with Crippen LogP contribution in [-0.2, 0) is 16.1 Å². The fourth-order valence-corrected chi connectivity index (χ4v) is 2.91. The van der Waals surface area contributed by atoms with Gasteiger partial charge in [-0.3, -0.25) is 9.59 Å². The molecule has 8 nitrogen and oxygen atoms in total. The molecule has 1 aliphatic rings. The van der Waals surface area contributed by atoms with Gasteiger partial charge in [0.15, 0.2) is 5.82 Å². The monoisotopic (exact) mass is 391 g/mol. The largest absolute Gasteiger partial charge is 0.457 e. The minimum absolute atomic E-state index is 0.00539. The molecular formula is C21H21N5O3. The zero-order valence-electron chi connectivity index (χ0n) is 15.7. The molecule has 0 unspecified atom stereocenters. The second-order valence-electron chi connectivity index (χ2n) is 6.91. The van der Waals surface area contributed by atoms with Crippen molar-refractivity contribution < 1.29 is 14.3 Å². The minimum atomic E-state index is -0.247. The first-order valence-electron chi connectivity index (χ1n) is 9.49. The molecule has 0 aliphatic heterocycles. The highest BCUT2D eigenvalue weighted by molar-refractivity contribution is 5.92. The van der Waals surface area contributed by atoms with E-state index in [1.54, 1.807) is 30.5 Å². The third kappa shape index (κ3) is 4.98. The van der Waals surface area contributed by atoms with Crippen LogP contribution < -0.4 is 15.4 Å². The Labute approximate surface area is 167 Å². The highest BCUT2D eigenvalue weighted by Crippen LogP contribution is 2.27. The van der Waals surface area contributed by atoms with Gasteiger partial charge in [-0.2, -0.15) is 0 Å². The van der Waals surface area contributed by atoms with E-state index < -0.39 is 0 Å². The van der Waals surface area contributed by atoms with Crippen LogP contribution in [-0.4, -0.2) is 26.8 Å². The van der Waals surface area contributed by atoms with Crippen LogP contribution in [0.15, 0.2) is 60.8 Å². The van der Waals surface area contributed by atoms with Gasteiger partial charge in [0.2, 0.25) is 11.8 Å². The summed E-state index contributed by atoms with van der Waals surface area (Å²) in [5, 5.41) is 13.3. The molecule has 148 valence electrons. The lowest BCUT2D eigenvalue weighted by atomic mass is 9.85. The van der Waals surface area contributed by atoms with Gasteiger partial charge in [0.25, 0.3) is 0 Å². The number of amides is 2. The number of carbonyl (C=O) groups is 2. The summed E-state index contributed by atoms with van der Waals surface area (Å²) in [6, 6.07) is 16.6. The molecule has 3 aromatic rings. The number of nitrogens with zero attached hydrogens (tertiary/aromatic N) is 3. The standard InChI is InChI=1S/C21H21N5O3/c27-20(14-26-13-19(24-25-26)23-21(28)15-5-4-6-15)22-16-9-11-18(12-10-16)29-17-7-2-1-3-8-17/h1-3,7-13,15H,4-6,14H2,(H,22,27)(H,23,28). The van der Waals surface area contributed by atoms with Crippen LogP contribution in [0, 0.1) is 5.92 Å². The predicted molar refractivity (Wildman–Crippen MR) is 108 cm³/mol. The Kier molecular flexibility index (Phi) is 5.51. The number of nitrogens with one attached hydrogen (secondary N) is 2. The van der Waals surface area contributed by atoms with E-state index in [1.165, 1.54) is 4.68 Å². The molecule has 0 radical (unpaired) electrons. The van der Waals surface area contributed by atoms with Crippen molar-refractivity contribution in [3.05, 3.63) is 60.8 Å². The summed E-state index contributed by atoms with van der Waals surface area (Å²) < 4.78 is 7.12. The van der Waals surface area contributed by atoms with E-state index in [-0.39, 0.29) is 24.3 Å². The molecule has 0 spiro atoms. The van der Waals surface area contributed by atoms with Crippen LogP contribution in [0.2, 0.25) is 0 Å². The van der Waals surface area contributed by atoms with Crippen molar-refractivity contribution in [3.63, 3.8) is 0 Å². The Hall–Kier alpha value is -3.68. The van der Waals surface area contributed by atoms with Crippen molar-refractivity contribution in [3.8, 4) is 11.5 Å². The SMILES string of the molecule is O=C(Cn1cc(NC(=O)C2CCC2)nn1)Nc1ccc(Oc2ccccc2)cc1. The molecule has 29 heavy (non-hydrogen) atoms. The Morgan fingerprint density at radius 2 is 1.72 bits per heavy atom. The summed E-state index contributed by atoms with van der Waals surface area (Å²) in [6.45, 7) is -0.00539. The molecular weight excluding hydrogens is 370 g/mol. The maximum absolute atomic E-state index is 12.2. The van der Waals surface area contributed by atoms with Gasteiger partial charge in [-0.05, 0) is 49.2 Å². The fourth-order valence-electron chi connectivity index (χ4n) is 2.91. The first-order valence-corrected chi connectivity index (χ1v) is 9.49. The average molecular weight is 391 g/mol. The lowest BCUT2D eigenvalue weighted by molar-refractivity contribution is -0.122. The molecule has 2 amide bonds. The summed E-state index contributed by atoms with van der Waals surface area (Å²) >= 11 is 0. The molecule has 1 aliphatic carbocycles. The summed E-state index contributed by atoms with van der Waals surface area (Å²) in [5.74, 6) is 1.57. The van der Waals surface area contributed by atoms with Crippen molar-refractivity contribution in [2.24, 2.45) is 5.92 Å². The average Bonchev–Trinajstić information content (AvgIpc) is 3.09. The van der Waals surface area contributed by atoms with E-state index in [9.17, 15) is 9.59 Å². The van der Waals surface area contributed by atoms with E-state index in [4.69, 9.17) is 4.74 Å². The van der Waals surface area contributed by atoms with Crippen molar-refractivity contribution >= 4 is 23.3 Å². The molecule has 1 saturated carbocycles. The van der Waals surface area contributed by atoms with Crippen molar-refractivity contribution in [1.29, 1.82) is 0 Å². The molecule has 1 heterocycles. The second-order valence-corrected chi connectivity index (χ2v) is 6.91. The first kappa shape index (κ1) is 18.7.